The number of halogens is 2. The van der Waals surface area contributed by atoms with E-state index in [-0.39, 0.29) is 30.3 Å². The van der Waals surface area contributed by atoms with E-state index in [1.807, 2.05) is 6.92 Å². The maximum absolute atomic E-state index is 13.6. The van der Waals surface area contributed by atoms with Crippen molar-refractivity contribution in [2.24, 2.45) is 5.10 Å². The molecule has 0 aliphatic carbocycles. The van der Waals surface area contributed by atoms with Crippen molar-refractivity contribution in [2.75, 3.05) is 0 Å². The second-order valence-electron chi connectivity index (χ2n) is 8.84. The first-order valence-corrected chi connectivity index (χ1v) is 14.4. The highest BCUT2D eigenvalue weighted by Crippen LogP contribution is 2.26. The predicted molar refractivity (Wildman–Crippen MR) is 155 cm³/mol. The fraction of sp³-hybridized carbons (Fsp3) is 0.143. The molecular weight excluding hydrogens is 589 g/mol. The molecule has 0 aliphatic rings. The van der Waals surface area contributed by atoms with Crippen LogP contribution in [0.1, 0.15) is 28.3 Å². The van der Waals surface area contributed by atoms with Gasteiger partial charge in [0.15, 0.2) is 0 Å². The number of nitrogens with zero attached hydrogens (tertiary/aromatic N) is 3. The molecule has 0 fully saturated rings. The number of carbonyl (C=O) groups is 2. The summed E-state index contributed by atoms with van der Waals surface area (Å²) in [6.07, 6.45) is 2.78. The summed E-state index contributed by atoms with van der Waals surface area (Å²) in [7, 11) is -3.93. The van der Waals surface area contributed by atoms with E-state index in [1.165, 1.54) is 10.5 Å². The molecule has 2 aromatic heterocycles. The van der Waals surface area contributed by atoms with E-state index in [9.17, 15) is 18.0 Å². The van der Waals surface area contributed by atoms with Gasteiger partial charge < -0.3 is 9.73 Å². The lowest BCUT2D eigenvalue weighted by atomic mass is 10.2. The first-order chi connectivity index (χ1) is 19.6. The number of hydrogen-bond donors (Lipinski definition) is 2. The number of benzene rings is 2. The van der Waals surface area contributed by atoms with Crippen molar-refractivity contribution in [1.82, 2.24) is 20.0 Å². The Morgan fingerprint density at radius 2 is 1.76 bits per heavy atom. The third-order valence-corrected chi connectivity index (χ3v) is 8.28. The van der Waals surface area contributed by atoms with Gasteiger partial charge in [-0.1, -0.05) is 53.0 Å². The van der Waals surface area contributed by atoms with Gasteiger partial charge in [0.2, 0.25) is 10.0 Å². The smallest absolute Gasteiger partial charge is 0.329 e. The Balaban J connectivity index is 1.43. The zero-order valence-electron chi connectivity index (χ0n) is 21.8. The Kier molecular flexibility index (Phi) is 9.90. The first-order valence-electron chi connectivity index (χ1n) is 12.2. The number of furan rings is 1. The minimum absolute atomic E-state index is 0.000885. The fourth-order valence-electron chi connectivity index (χ4n) is 3.61. The van der Waals surface area contributed by atoms with Gasteiger partial charge in [-0.15, -0.1) is 0 Å². The summed E-state index contributed by atoms with van der Waals surface area (Å²) in [6.45, 7) is 1.85. The number of nitrogens with one attached hydrogen (secondary N) is 2. The minimum Gasteiger partial charge on any atom is -0.459 e. The van der Waals surface area contributed by atoms with Crippen molar-refractivity contribution < 1.29 is 22.4 Å². The molecule has 10 nitrogen and oxygen atoms in total. The molecule has 0 aliphatic heterocycles. The lowest BCUT2D eigenvalue weighted by molar-refractivity contribution is -0.139. The van der Waals surface area contributed by atoms with Crippen LogP contribution in [0.4, 0.5) is 0 Å². The summed E-state index contributed by atoms with van der Waals surface area (Å²) in [5.41, 5.74) is 4.27. The lowest BCUT2D eigenvalue weighted by Gasteiger charge is -2.22. The Hall–Kier alpha value is -4.03. The van der Waals surface area contributed by atoms with Crippen LogP contribution in [-0.4, -0.2) is 35.7 Å². The van der Waals surface area contributed by atoms with Crippen molar-refractivity contribution in [3.63, 3.8) is 0 Å². The Morgan fingerprint density at radius 3 is 2.46 bits per heavy atom. The molecule has 41 heavy (non-hydrogen) atoms. The van der Waals surface area contributed by atoms with Gasteiger partial charge in [-0.2, -0.15) is 9.41 Å². The Labute approximate surface area is 247 Å². The number of pyridine rings is 1. The number of hydrazone groups is 1. The van der Waals surface area contributed by atoms with Crippen molar-refractivity contribution in [3.8, 4) is 0 Å². The molecule has 212 valence electrons. The van der Waals surface area contributed by atoms with Crippen molar-refractivity contribution in [3.05, 3.63) is 117 Å². The summed E-state index contributed by atoms with van der Waals surface area (Å²) in [4.78, 5) is 28.2. The third-order valence-electron chi connectivity index (χ3n) is 5.74. The first kappa shape index (κ1) is 29.9. The molecule has 2 aromatic carbocycles. The highest BCUT2D eigenvalue weighted by atomic mass is 35.5. The average Bonchev–Trinajstić information content (AvgIpc) is 3.41. The van der Waals surface area contributed by atoms with Gasteiger partial charge in [0.05, 0.1) is 39.9 Å². The molecule has 0 radical (unpaired) electrons. The number of rotatable bonds is 10. The maximum atomic E-state index is 13.6. The standard InChI is InChI=1S/C28H25Cl2N5O5S/c1-19-5-10-24(11-6-19)41(38,39)35(17-20-7-12-25(29)26(30)14-20)18-23-9-8-22(40-23)16-33-34-28(37)27(36)32-15-21-4-2-3-13-31-21/h2-14,16H,15,17-18H2,1H3,(H,32,36)(H,34,37)/b33-16+. The van der Waals surface area contributed by atoms with E-state index in [0.29, 0.717) is 27.1 Å². The van der Waals surface area contributed by atoms with E-state index in [4.69, 9.17) is 27.6 Å². The molecule has 2 heterocycles. The summed E-state index contributed by atoms with van der Waals surface area (Å²) in [5, 5.41) is 6.85. The van der Waals surface area contributed by atoms with Gasteiger partial charge >= 0.3 is 11.8 Å². The van der Waals surface area contributed by atoms with Crippen LogP contribution in [0.3, 0.4) is 0 Å². The summed E-state index contributed by atoms with van der Waals surface area (Å²) in [5.74, 6) is -1.30. The maximum Gasteiger partial charge on any atom is 0.329 e. The van der Waals surface area contributed by atoms with Crippen LogP contribution in [0.5, 0.6) is 0 Å². The monoisotopic (exact) mass is 613 g/mol. The van der Waals surface area contributed by atoms with Crippen LogP contribution in [-0.2, 0) is 39.2 Å². The molecule has 0 unspecified atom stereocenters. The normalized spacial score (nSPS) is 11.6. The lowest BCUT2D eigenvalue weighted by Crippen LogP contribution is -2.37. The molecule has 0 saturated carbocycles. The van der Waals surface area contributed by atoms with Crippen molar-refractivity contribution in [1.29, 1.82) is 0 Å². The highest BCUT2D eigenvalue weighted by molar-refractivity contribution is 7.89. The van der Waals surface area contributed by atoms with Crippen LogP contribution in [0.15, 0.2) is 93.4 Å². The predicted octanol–water partition coefficient (Wildman–Crippen LogP) is 4.45. The molecule has 4 aromatic rings. The average molecular weight is 615 g/mol. The number of amides is 2. The number of carbonyl (C=O) groups excluding carboxylic acids is 2. The molecule has 2 amide bonds. The molecule has 13 heteroatoms. The summed E-state index contributed by atoms with van der Waals surface area (Å²) in [6, 6.07) is 19.8. The summed E-state index contributed by atoms with van der Waals surface area (Å²) < 4.78 is 34.1. The van der Waals surface area contributed by atoms with Crippen LogP contribution < -0.4 is 10.7 Å². The zero-order valence-corrected chi connectivity index (χ0v) is 24.1. The van der Waals surface area contributed by atoms with Gasteiger partial charge in [-0.25, -0.2) is 13.8 Å². The largest absolute Gasteiger partial charge is 0.459 e. The van der Waals surface area contributed by atoms with Crippen LogP contribution >= 0.6 is 23.2 Å². The van der Waals surface area contributed by atoms with Gasteiger partial charge in [0.1, 0.15) is 11.5 Å². The minimum atomic E-state index is -3.93. The van der Waals surface area contributed by atoms with E-state index >= 15 is 0 Å². The zero-order chi connectivity index (χ0) is 29.4. The second-order valence-corrected chi connectivity index (χ2v) is 11.6. The van der Waals surface area contributed by atoms with Gasteiger partial charge in [-0.05, 0) is 61.0 Å². The van der Waals surface area contributed by atoms with Crippen LogP contribution in [0, 0.1) is 6.92 Å². The second kappa shape index (κ2) is 13.6. The van der Waals surface area contributed by atoms with E-state index in [1.54, 1.807) is 79.0 Å². The molecule has 0 spiro atoms. The summed E-state index contributed by atoms with van der Waals surface area (Å²) >= 11 is 12.2. The third kappa shape index (κ3) is 8.24. The van der Waals surface area contributed by atoms with Crippen molar-refractivity contribution >= 4 is 51.3 Å². The van der Waals surface area contributed by atoms with Crippen LogP contribution in [0.2, 0.25) is 10.0 Å². The molecule has 0 saturated heterocycles. The van der Waals surface area contributed by atoms with Gasteiger partial charge in [0, 0.05) is 12.7 Å². The Bertz CT molecular complexity index is 1660. The number of sulfonamides is 1. The molecule has 0 bridgehead atoms. The van der Waals surface area contributed by atoms with E-state index < -0.39 is 21.8 Å². The van der Waals surface area contributed by atoms with E-state index in [0.717, 1.165) is 5.56 Å². The molecular formula is C28H25Cl2N5O5S. The van der Waals surface area contributed by atoms with Gasteiger partial charge in [-0.3, -0.25) is 14.6 Å². The fourth-order valence-corrected chi connectivity index (χ4v) is 5.32. The topological polar surface area (TPSA) is 134 Å². The number of aromatic nitrogens is 1. The molecule has 0 atom stereocenters. The molecule has 2 N–H and O–H groups in total. The number of hydrogen-bond acceptors (Lipinski definition) is 7. The molecule has 4 rings (SSSR count). The van der Waals surface area contributed by atoms with Crippen molar-refractivity contribution in [2.45, 2.75) is 31.5 Å². The van der Waals surface area contributed by atoms with Gasteiger partial charge in [0.25, 0.3) is 0 Å². The highest BCUT2D eigenvalue weighted by Gasteiger charge is 2.26. The van der Waals surface area contributed by atoms with Crippen LogP contribution in [0.25, 0.3) is 0 Å². The van der Waals surface area contributed by atoms with E-state index in [2.05, 4.69) is 20.8 Å². The quantitative estimate of drug-likeness (QED) is 0.154. The Morgan fingerprint density at radius 1 is 0.976 bits per heavy atom. The number of aryl methyl sites for hydroxylation is 1. The SMILES string of the molecule is Cc1ccc(S(=O)(=O)N(Cc2ccc(Cl)c(Cl)c2)Cc2ccc(/C=N/NC(=O)C(=O)NCc3ccccn3)o2)cc1.